The first-order valence-corrected chi connectivity index (χ1v) is 5.95. The third kappa shape index (κ3) is 2.40. The molecule has 2 heterocycles. The van der Waals surface area contributed by atoms with E-state index < -0.39 is 5.91 Å². The van der Waals surface area contributed by atoms with Gasteiger partial charge in [-0.05, 0) is 20.8 Å². The second kappa shape index (κ2) is 5.05. The molecule has 2 aromatic rings. The third-order valence-corrected chi connectivity index (χ3v) is 2.62. The number of primary amides is 1. The predicted octanol–water partition coefficient (Wildman–Crippen LogP) is 1.36. The normalized spacial score (nSPS) is 10.5. The molecule has 19 heavy (non-hydrogen) atoms. The number of rotatable bonds is 4. The van der Waals surface area contributed by atoms with E-state index in [1.165, 1.54) is 6.20 Å². The van der Waals surface area contributed by atoms with Gasteiger partial charge < -0.3 is 5.73 Å². The number of nitrogens with zero attached hydrogens (tertiary/aromatic N) is 4. The van der Waals surface area contributed by atoms with Crippen LogP contribution >= 0.6 is 0 Å². The Kier molecular flexibility index (Phi) is 3.46. The second-order valence-electron chi connectivity index (χ2n) is 4.28. The standard InChI is InChI=1S/C12H16N6O/c1-4-18-12-9(6-15-18)10(17-16-7(2)3)8(5-14-12)11(13)19/h5-6H,4H2,1-3H3,(H2,13,19)(H,14,17). The molecule has 0 bridgehead atoms. The van der Waals surface area contributed by atoms with Gasteiger partial charge in [0.1, 0.15) is 0 Å². The molecule has 7 nitrogen and oxygen atoms in total. The molecule has 0 aliphatic carbocycles. The van der Waals surface area contributed by atoms with Gasteiger partial charge in [-0.1, -0.05) is 0 Å². The van der Waals surface area contributed by atoms with Gasteiger partial charge in [-0.3, -0.25) is 10.2 Å². The summed E-state index contributed by atoms with van der Waals surface area (Å²) in [5, 5.41) is 9.06. The van der Waals surface area contributed by atoms with Crippen LogP contribution in [0.15, 0.2) is 17.5 Å². The summed E-state index contributed by atoms with van der Waals surface area (Å²) in [5.74, 6) is -0.551. The fraction of sp³-hybridized carbons (Fsp3) is 0.333. The highest BCUT2D eigenvalue weighted by Crippen LogP contribution is 2.25. The fourth-order valence-corrected chi connectivity index (χ4v) is 1.73. The number of nitrogens with two attached hydrogens (primary N) is 1. The number of carbonyl (C=O) groups excluding carboxylic acids is 1. The number of hydrogen-bond donors (Lipinski definition) is 2. The summed E-state index contributed by atoms with van der Waals surface area (Å²) in [7, 11) is 0. The molecule has 0 saturated heterocycles. The van der Waals surface area contributed by atoms with Crippen molar-refractivity contribution in [2.24, 2.45) is 10.8 Å². The van der Waals surface area contributed by atoms with Crippen molar-refractivity contribution in [1.29, 1.82) is 0 Å². The first kappa shape index (κ1) is 13.0. The first-order valence-electron chi connectivity index (χ1n) is 5.95. The second-order valence-corrected chi connectivity index (χ2v) is 4.28. The minimum Gasteiger partial charge on any atom is -0.365 e. The van der Waals surface area contributed by atoms with Gasteiger partial charge >= 0.3 is 0 Å². The molecule has 0 fully saturated rings. The number of aryl methyl sites for hydroxylation is 1. The molecule has 0 aromatic carbocycles. The van der Waals surface area contributed by atoms with Crippen molar-refractivity contribution in [3.63, 3.8) is 0 Å². The van der Waals surface area contributed by atoms with E-state index in [-0.39, 0.29) is 0 Å². The molecule has 2 rings (SSSR count). The summed E-state index contributed by atoms with van der Waals surface area (Å²) in [6.07, 6.45) is 3.10. The van der Waals surface area contributed by atoms with Gasteiger partial charge in [0.2, 0.25) is 0 Å². The molecule has 0 radical (unpaired) electrons. The topological polar surface area (TPSA) is 98.2 Å². The maximum atomic E-state index is 11.5. The Labute approximate surface area is 110 Å². The van der Waals surface area contributed by atoms with E-state index in [1.54, 1.807) is 10.9 Å². The summed E-state index contributed by atoms with van der Waals surface area (Å²) in [6.45, 7) is 6.37. The molecule has 2 aromatic heterocycles. The monoisotopic (exact) mass is 260 g/mol. The maximum Gasteiger partial charge on any atom is 0.252 e. The minimum absolute atomic E-state index is 0.299. The van der Waals surface area contributed by atoms with E-state index in [0.717, 1.165) is 11.1 Å². The van der Waals surface area contributed by atoms with Gasteiger partial charge in [0, 0.05) is 18.5 Å². The lowest BCUT2D eigenvalue weighted by atomic mass is 10.2. The van der Waals surface area contributed by atoms with Crippen molar-refractivity contribution in [2.75, 3.05) is 5.43 Å². The molecule has 0 unspecified atom stereocenters. The van der Waals surface area contributed by atoms with E-state index in [4.69, 9.17) is 5.73 Å². The number of aromatic nitrogens is 3. The zero-order valence-electron chi connectivity index (χ0n) is 11.1. The Hall–Kier alpha value is -2.44. The number of carbonyl (C=O) groups is 1. The van der Waals surface area contributed by atoms with Crippen LogP contribution in [0.3, 0.4) is 0 Å². The molecule has 0 spiro atoms. The summed E-state index contributed by atoms with van der Waals surface area (Å²) in [6, 6.07) is 0. The first-order chi connectivity index (χ1) is 9.04. The maximum absolute atomic E-state index is 11.5. The van der Waals surface area contributed by atoms with Crippen molar-refractivity contribution in [3.05, 3.63) is 18.0 Å². The lowest BCUT2D eigenvalue weighted by Gasteiger charge is -2.08. The molecular formula is C12H16N6O. The van der Waals surface area contributed by atoms with E-state index in [0.29, 0.717) is 23.4 Å². The smallest absolute Gasteiger partial charge is 0.252 e. The highest BCUT2D eigenvalue weighted by Gasteiger charge is 2.15. The quantitative estimate of drug-likeness (QED) is 0.640. The van der Waals surface area contributed by atoms with Crippen molar-refractivity contribution in [2.45, 2.75) is 27.3 Å². The van der Waals surface area contributed by atoms with Crippen LogP contribution < -0.4 is 11.2 Å². The van der Waals surface area contributed by atoms with Crippen LogP contribution in [0.2, 0.25) is 0 Å². The summed E-state index contributed by atoms with van der Waals surface area (Å²) < 4.78 is 1.74. The number of anilines is 1. The van der Waals surface area contributed by atoms with Crippen molar-refractivity contribution in [3.8, 4) is 0 Å². The number of hydrazone groups is 1. The molecule has 0 aliphatic rings. The lowest BCUT2D eigenvalue weighted by Crippen LogP contribution is -2.14. The Morgan fingerprint density at radius 1 is 1.47 bits per heavy atom. The molecule has 0 saturated carbocycles. The van der Waals surface area contributed by atoms with Gasteiger partial charge in [-0.15, -0.1) is 0 Å². The Morgan fingerprint density at radius 2 is 2.21 bits per heavy atom. The fourth-order valence-electron chi connectivity index (χ4n) is 1.73. The van der Waals surface area contributed by atoms with Crippen LogP contribution in [0.5, 0.6) is 0 Å². The average Bonchev–Trinajstić information content (AvgIpc) is 2.78. The van der Waals surface area contributed by atoms with Crippen molar-refractivity contribution >= 4 is 28.3 Å². The van der Waals surface area contributed by atoms with Crippen molar-refractivity contribution < 1.29 is 4.79 Å². The number of amides is 1. The van der Waals surface area contributed by atoms with E-state index in [1.807, 2.05) is 20.8 Å². The highest BCUT2D eigenvalue weighted by atomic mass is 16.1. The Bertz CT molecular complexity index is 654. The number of fused-ring (bicyclic) bond motifs is 1. The predicted molar refractivity (Wildman–Crippen MR) is 74.1 cm³/mol. The minimum atomic E-state index is -0.551. The Morgan fingerprint density at radius 3 is 2.79 bits per heavy atom. The molecule has 7 heteroatoms. The lowest BCUT2D eigenvalue weighted by molar-refractivity contribution is 0.100. The number of nitrogens with one attached hydrogen (secondary N) is 1. The SMILES string of the molecule is CCn1ncc2c(NN=C(C)C)c(C(N)=O)cnc21. The van der Waals surface area contributed by atoms with Gasteiger partial charge in [0.25, 0.3) is 5.91 Å². The Balaban J connectivity index is 2.66. The van der Waals surface area contributed by atoms with Crippen molar-refractivity contribution in [1.82, 2.24) is 14.8 Å². The molecule has 0 atom stereocenters. The third-order valence-electron chi connectivity index (χ3n) is 2.62. The van der Waals surface area contributed by atoms with E-state index in [9.17, 15) is 4.79 Å². The molecule has 1 amide bonds. The summed E-state index contributed by atoms with van der Waals surface area (Å²) in [4.78, 5) is 15.7. The molecule has 100 valence electrons. The van der Waals surface area contributed by atoms with Gasteiger partial charge in [0.05, 0.1) is 22.8 Å². The summed E-state index contributed by atoms with van der Waals surface area (Å²) >= 11 is 0. The van der Waals surface area contributed by atoms with Crippen LogP contribution in [0.25, 0.3) is 11.0 Å². The van der Waals surface area contributed by atoms with Crippen LogP contribution in [-0.2, 0) is 6.54 Å². The largest absolute Gasteiger partial charge is 0.365 e. The van der Waals surface area contributed by atoms with Gasteiger partial charge in [0.15, 0.2) is 5.65 Å². The van der Waals surface area contributed by atoms with Crippen LogP contribution in [0.4, 0.5) is 5.69 Å². The van der Waals surface area contributed by atoms with E-state index >= 15 is 0 Å². The molecule has 3 N–H and O–H groups in total. The summed E-state index contributed by atoms with van der Waals surface area (Å²) in [5.41, 5.74) is 10.6. The highest BCUT2D eigenvalue weighted by molar-refractivity contribution is 6.05. The number of hydrogen-bond acceptors (Lipinski definition) is 5. The van der Waals surface area contributed by atoms with Gasteiger partial charge in [-0.25, -0.2) is 9.67 Å². The zero-order valence-corrected chi connectivity index (χ0v) is 11.1. The van der Waals surface area contributed by atoms with E-state index in [2.05, 4.69) is 20.6 Å². The van der Waals surface area contributed by atoms with Crippen LogP contribution in [-0.4, -0.2) is 26.4 Å². The zero-order chi connectivity index (χ0) is 14.0. The van der Waals surface area contributed by atoms with Crippen LogP contribution in [0, 0.1) is 0 Å². The molecular weight excluding hydrogens is 244 g/mol. The van der Waals surface area contributed by atoms with Gasteiger partial charge in [-0.2, -0.15) is 10.2 Å². The number of pyridine rings is 1. The van der Waals surface area contributed by atoms with Crippen LogP contribution in [0.1, 0.15) is 31.1 Å². The molecule has 0 aliphatic heterocycles. The average molecular weight is 260 g/mol.